The predicted octanol–water partition coefficient (Wildman–Crippen LogP) is 6.61. The summed E-state index contributed by atoms with van der Waals surface area (Å²) < 4.78 is 0. The van der Waals surface area contributed by atoms with Gasteiger partial charge in [-0.1, -0.05) is 51.1 Å². The molecule has 0 spiro atoms. The SMILES string of the molecule is C[Si](C)(C)C#Cc1cc(C#C[Si](C)(C)C)cc(C23CC4CC(CC(C4)C2)C3)c1. The third-order valence-electron chi connectivity index (χ3n) is 6.75. The monoisotopic (exact) mass is 404 g/mol. The molecule has 0 N–H and O–H groups in total. The molecule has 0 aliphatic heterocycles. The summed E-state index contributed by atoms with van der Waals surface area (Å²) in [4.78, 5) is 0. The van der Waals surface area contributed by atoms with Crippen LogP contribution in [0.15, 0.2) is 18.2 Å². The van der Waals surface area contributed by atoms with Gasteiger partial charge >= 0.3 is 0 Å². The lowest BCUT2D eigenvalue weighted by Crippen LogP contribution is -2.48. The van der Waals surface area contributed by atoms with Gasteiger partial charge in [-0.05, 0) is 85.5 Å². The highest BCUT2D eigenvalue weighted by atomic mass is 28.3. The van der Waals surface area contributed by atoms with E-state index < -0.39 is 16.1 Å². The second-order valence-corrected chi connectivity index (χ2v) is 21.5. The Labute approximate surface area is 174 Å². The molecule has 2 heteroatoms. The second-order valence-electron chi connectivity index (χ2n) is 12.0. The van der Waals surface area contributed by atoms with Crippen molar-refractivity contribution < 1.29 is 0 Å². The summed E-state index contributed by atoms with van der Waals surface area (Å²) in [6.07, 6.45) is 8.71. The van der Waals surface area contributed by atoms with Crippen LogP contribution in [0.5, 0.6) is 0 Å². The molecule has 28 heavy (non-hydrogen) atoms. The molecule has 4 aliphatic carbocycles. The molecular formula is C26H36Si2. The molecule has 148 valence electrons. The van der Waals surface area contributed by atoms with E-state index >= 15 is 0 Å². The Morgan fingerprint density at radius 2 is 1.07 bits per heavy atom. The molecule has 0 amide bonds. The van der Waals surface area contributed by atoms with E-state index in [1.165, 1.54) is 49.7 Å². The third-order valence-corrected chi connectivity index (χ3v) is 8.50. The molecule has 0 nitrogen and oxygen atoms in total. The smallest absolute Gasteiger partial charge is 0.127 e. The zero-order valence-corrected chi connectivity index (χ0v) is 20.7. The van der Waals surface area contributed by atoms with Gasteiger partial charge in [-0.15, -0.1) is 11.1 Å². The predicted molar refractivity (Wildman–Crippen MR) is 127 cm³/mol. The van der Waals surface area contributed by atoms with Crippen LogP contribution in [0.1, 0.15) is 55.2 Å². The molecule has 4 bridgehead atoms. The minimum atomic E-state index is -1.38. The lowest BCUT2D eigenvalue weighted by molar-refractivity contribution is -0.00520. The highest BCUT2D eigenvalue weighted by Crippen LogP contribution is 2.60. The van der Waals surface area contributed by atoms with E-state index in [2.05, 4.69) is 80.4 Å². The van der Waals surface area contributed by atoms with Crippen molar-refractivity contribution in [3.05, 3.63) is 34.9 Å². The fourth-order valence-electron chi connectivity index (χ4n) is 6.06. The topological polar surface area (TPSA) is 0 Å². The van der Waals surface area contributed by atoms with Crippen LogP contribution in [0, 0.1) is 40.7 Å². The van der Waals surface area contributed by atoms with Crippen molar-refractivity contribution in [2.75, 3.05) is 0 Å². The van der Waals surface area contributed by atoms with Gasteiger partial charge in [0, 0.05) is 11.1 Å². The zero-order chi connectivity index (χ0) is 20.2. The molecule has 0 unspecified atom stereocenters. The van der Waals surface area contributed by atoms with Crippen molar-refractivity contribution in [2.45, 2.75) is 83.2 Å². The normalized spacial score (nSPS) is 31.0. The van der Waals surface area contributed by atoms with Crippen molar-refractivity contribution in [1.82, 2.24) is 0 Å². The van der Waals surface area contributed by atoms with E-state index in [1.807, 2.05) is 0 Å². The van der Waals surface area contributed by atoms with Crippen LogP contribution in [-0.4, -0.2) is 16.1 Å². The Morgan fingerprint density at radius 1 is 0.679 bits per heavy atom. The highest BCUT2D eigenvalue weighted by Gasteiger charge is 2.51. The van der Waals surface area contributed by atoms with Crippen LogP contribution in [0.3, 0.4) is 0 Å². The van der Waals surface area contributed by atoms with Gasteiger partial charge in [-0.25, -0.2) is 0 Å². The average Bonchev–Trinajstić information content (AvgIpc) is 2.56. The lowest BCUT2D eigenvalue weighted by atomic mass is 9.48. The van der Waals surface area contributed by atoms with Gasteiger partial charge in [0.25, 0.3) is 0 Å². The maximum absolute atomic E-state index is 3.59. The average molecular weight is 405 g/mol. The molecule has 1 aromatic carbocycles. The number of benzene rings is 1. The van der Waals surface area contributed by atoms with Gasteiger partial charge in [0.2, 0.25) is 0 Å². The number of hydrogen-bond acceptors (Lipinski definition) is 0. The van der Waals surface area contributed by atoms with E-state index in [4.69, 9.17) is 0 Å². The molecule has 0 aromatic heterocycles. The van der Waals surface area contributed by atoms with Gasteiger partial charge in [0.15, 0.2) is 0 Å². The molecule has 4 aliphatic rings. The minimum Gasteiger partial charge on any atom is -0.127 e. The van der Waals surface area contributed by atoms with E-state index in [0.717, 1.165) is 17.8 Å². The standard InChI is InChI=1S/C26H36Si2/c1-27(2,3)9-7-20-11-21(8-10-28(4,5)6)16-25(15-20)26-17-22-12-23(18-26)14-24(13-22)19-26/h11,15-16,22-24H,12-14,17-19H2,1-6H3. The Kier molecular flexibility index (Phi) is 4.97. The summed E-state index contributed by atoms with van der Waals surface area (Å²) in [5, 5.41) is 0. The van der Waals surface area contributed by atoms with Crippen LogP contribution in [0.2, 0.25) is 39.3 Å². The fourth-order valence-corrected chi connectivity index (χ4v) is 7.10. The Hall–Kier alpha value is -1.23. The van der Waals surface area contributed by atoms with Crippen molar-refractivity contribution in [3.63, 3.8) is 0 Å². The number of hydrogen-bond donors (Lipinski definition) is 0. The molecular weight excluding hydrogens is 368 g/mol. The maximum Gasteiger partial charge on any atom is 0.129 e. The molecule has 0 atom stereocenters. The summed E-state index contributed by atoms with van der Waals surface area (Å²) in [7, 11) is -2.77. The largest absolute Gasteiger partial charge is 0.129 e. The van der Waals surface area contributed by atoms with Crippen LogP contribution in [0.4, 0.5) is 0 Å². The first kappa shape index (κ1) is 20.1. The fraction of sp³-hybridized carbons (Fsp3) is 0.615. The summed E-state index contributed by atoms with van der Waals surface area (Å²) in [6.45, 7) is 14.0. The minimum absolute atomic E-state index is 0.418. The first-order chi connectivity index (χ1) is 13.0. The van der Waals surface area contributed by atoms with Crippen LogP contribution in [-0.2, 0) is 5.41 Å². The molecule has 0 heterocycles. The van der Waals surface area contributed by atoms with Crippen LogP contribution < -0.4 is 0 Å². The maximum atomic E-state index is 3.59. The summed E-state index contributed by atoms with van der Waals surface area (Å²) in [5.41, 5.74) is 11.6. The van der Waals surface area contributed by atoms with Gasteiger partial charge in [-0.3, -0.25) is 0 Å². The van der Waals surface area contributed by atoms with Gasteiger partial charge in [0.05, 0.1) is 0 Å². The first-order valence-electron chi connectivity index (χ1n) is 11.2. The van der Waals surface area contributed by atoms with Crippen molar-refractivity contribution >= 4 is 16.1 Å². The Morgan fingerprint density at radius 3 is 1.43 bits per heavy atom. The Balaban J connectivity index is 1.77. The second kappa shape index (κ2) is 6.93. The van der Waals surface area contributed by atoms with Crippen molar-refractivity contribution in [1.29, 1.82) is 0 Å². The molecule has 4 fully saturated rings. The van der Waals surface area contributed by atoms with E-state index in [9.17, 15) is 0 Å². The highest BCUT2D eigenvalue weighted by molar-refractivity contribution is 6.84. The first-order valence-corrected chi connectivity index (χ1v) is 18.2. The Bertz CT molecular complexity index is 801. The lowest BCUT2D eigenvalue weighted by Gasteiger charge is -2.57. The van der Waals surface area contributed by atoms with Crippen LogP contribution >= 0.6 is 0 Å². The van der Waals surface area contributed by atoms with Crippen molar-refractivity contribution in [2.24, 2.45) is 17.8 Å². The third kappa shape index (κ3) is 4.50. The zero-order valence-electron chi connectivity index (χ0n) is 18.7. The van der Waals surface area contributed by atoms with Gasteiger partial charge in [0.1, 0.15) is 16.1 Å². The molecule has 5 rings (SSSR count). The molecule has 1 aromatic rings. The summed E-state index contributed by atoms with van der Waals surface area (Å²) in [6, 6.07) is 7.14. The van der Waals surface area contributed by atoms with Gasteiger partial charge < -0.3 is 0 Å². The van der Waals surface area contributed by atoms with E-state index in [-0.39, 0.29) is 0 Å². The van der Waals surface area contributed by atoms with Gasteiger partial charge in [-0.2, -0.15) is 0 Å². The van der Waals surface area contributed by atoms with Crippen molar-refractivity contribution in [3.8, 4) is 22.9 Å². The summed E-state index contributed by atoms with van der Waals surface area (Å²) >= 11 is 0. The molecule has 0 saturated heterocycles. The quantitative estimate of drug-likeness (QED) is 0.365. The van der Waals surface area contributed by atoms with E-state index in [1.54, 1.807) is 5.56 Å². The van der Waals surface area contributed by atoms with E-state index in [0.29, 0.717) is 5.41 Å². The molecule has 4 saturated carbocycles. The molecule has 0 radical (unpaired) electrons. The van der Waals surface area contributed by atoms with Crippen LogP contribution in [0.25, 0.3) is 0 Å². The number of rotatable bonds is 1. The summed E-state index contributed by atoms with van der Waals surface area (Å²) in [5.74, 6) is 10.0.